The zero-order valence-electron chi connectivity index (χ0n) is 15.9. The summed E-state index contributed by atoms with van der Waals surface area (Å²) in [5.74, 6) is -3.03. The number of nitrogens with one attached hydrogen (secondary N) is 2. The van der Waals surface area contributed by atoms with Crippen LogP contribution in [0.4, 0.5) is 14.5 Å². The Balaban J connectivity index is 1.39. The Morgan fingerprint density at radius 3 is 2.63 bits per heavy atom. The summed E-state index contributed by atoms with van der Waals surface area (Å²) in [5, 5.41) is 3.16. The zero-order valence-corrected chi connectivity index (χ0v) is 18.3. The van der Waals surface area contributed by atoms with Gasteiger partial charge in [0.1, 0.15) is 0 Å². The Hall–Kier alpha value is -1.69. The lowest BCUT2D eigenvalue weighted by Gasteiger charge is -2.44. The Morgan fingerprint density at radius 2 is 1.97 bits per heavy atom. The second-order valence-electron chi connectivity index (χ2n) is 7.37. The van der Waals surface area contributed by atoms with Gasteiger partial charge in [-0.3, -0.25) is 9.52 Å². The molecule has 0 unspecified atom stereocenters. The number of fused-ring (bicyclic) bond motifs is 3. The molecule has 1 atom stereocenters. The van der Waals surface area contributed by atoms with Crippen molar-refractivity contribution >= 4 is 44.7 Å². The van der Waals surface area contributed by atoms with E-state index < -0.39 is 15.8 Å². The summed E-state index contributed by atoms with van der Waals surface area (Å²) in [4.78, 5) is 16.3. The molecule has 2 aromatic rings. The molecular formula is C19H21F2N3O3S3. The molecule has 0 radical (unpaired) electrons. The van der Waals surface area contributed by atoms with Crippen LogP contribution < -0.4 is 10.0 Å². The summed E-state index contributed by atoms with van der Waals surface area (Å²) < 4.78 is 50.5. The van der Waals surface area contributed by atoms with Gasteiger partial charge < -0.3 is 10.2 Å². The Morgan fingerprint density at radius 1 is 1.20 bits per heavy atom. The van der Waals surface area contributed by atoms with Crippen molar-refractivity contribution in [1.29, 1.82) is 0 Å². The number of hydrogen-bond acceptors (Lipinski definition) is 6. The number of halogens is 2. The summed E-state index contributed by atoms with van der Waals surface area (Å²) in [7, 11) is -4.71. The normalized spacial score (nSPS) is 23.5. The number of anilines is 1. The van der Waals surface area contributed by atoms with Crippen LogP contribution in [0.2, 0.25) is 0 Å². The standard InChI is InChI=1S/C19H21F2N3O3S3/c20-19(21)30(26,27)23-13-2-1-3-14(10-13)28-17-5-4-16(29-17)18(25)22-15-11-24-8-6-12(15)7-9-24/h1-5,10,12,15,19,23H,6-9,11H2,(H,22,25)/t15-/m0/s1. The molecule has 3 aliphatic rings. The van der Waals surface area contributed by atoms with Gasteiger partial charge >= 0.3 is 5.76 Å². The maximum absolute atomic E-state index is 12.7. The topological polar surface area (TPSA) is 78.5 Å². The number of rotatable bonds is 7. The number of amides is 1. The van der Waals surface area contributed by atoms with Crippen molar-refractivity contribution in [3.05, 3.63) is 41.3 Å². The molecule has 1 aromatic carbocycles. The molecule has 11 heteroatoms. The number of hydrogen-bond donors (Lipinski definition) is 2. The van der Waals surface area contributed by atoms with Gasteiger partial charge in [-0.2, -0.15) is 8.78 Å². The first-order valence-corrected chi connectivity index (χ1v) is 12.7. The van der Waals surface area contributed by atoms with Gasteiger partial charge in [-0.25, -0.2) is 8.42 Å². The molecule has 1 amide bonds. The highest BCUT2D eigenvalue weighted by Crippen LogP contribution is 2.35. The van der Waals surface area contributed by atoms with Crippen molar-refractivity contribution in [3.8, 4) is 0 Å². The molecule has 3 fully saturated rings. The van der Waals surface area contributed by atoms with Crippen molar-refractivity contribution in [2.24, 2.45) is 5.92 Å². The fourth-order valence-electron chi connectivity index (χ4n) is 3.81. The number of nitrogens with zero attached hydrogens (tertiary/aromatic N) is 1. The first-order valence-electron chi connectivity index (χ1n) is 9.51. The molecule has 6 nitrogen and oxygen atoms in total. The van der Waals surface area contributed by atoms with Crippen LogP contribution in [0.25, 0.3) is 0 Å². The fraction of sp³-hybridized carbons (Fsp3) is 0.421. The SMILES string of the molecule is O=C(N[C@H]1CN2CCC1CC2)c1ccc(Sc2cccc(NS(=O)(=O)C(F)F)c2)s1. The highest BCUT2D eigenvalue weighted by Gasteiger charge is 2.35. The zero-order chi connectivity index (χ0) is 21.3. The van der Waals surface area contributed by atoms with Gasteiger partial charge in [-0.05, 0) is 62.2 Å². The third kappa shape index (κ3) is 4.96. The van der Waals surface area contributed by atoms with Crippen molar-refractivity contribution in [1.82, 2.24) is 10.2 Å². The van der Waals surface area contributed by atoms with E-state index in [1.165, 1.54) is 35.2 Å². The van der Waals surface area contributed by atoms with Gasteiger partial charge in [0.25, 0.3) is 15.9 Å². The largest absolute Gasteiger partial charge is 0.355 e. The van der Waals surface area contributed by atoms with Crippen molar-refractivity contribution in [3.63, 3.8) is 0 Å². The molecule has 0 saturated carbocycles. The lowest BCUT2D eigenvalue weighted by atomic mass is 9.84. The number of carbonyl (C=O) groups excluding carboxylic acids is 1. The Kier molecular flexibility index (Phi) is 6.33. The van der Waals surface area contributed by atoms with E-state index in [9.17, 15) is 22.0 Å². The molecule has 0 spiro atoms. The van der Waals surface area contributed by atoms with Gasteiger partial charge in [-0.15, -0.1) is 11.3 Å². The molecule has 3 aliphatic heterocycles. The number of piperidine rings is 3. The maximum Gasteiger partial charge on any atom is 0.355 e. The van der Waals surface area contributed by atoms with Crippen molar-refractivity contribution in [2.45, 2.75) is 33.7 Å². The molecular weight excluding hydrogens is 452 g/mol. The van der Waals surface area contributed by atoms with Gasteiger partial charge in [-0.1, -0.05) is 17.8 Å². The summed E-state index contributed by atoms with van der Waals surface area (Å²) in [6, 6.07) is 10.0. The van der Waals surface area contributed by atoms with E-state index in [1.54, 1.807) is 18.2 Å². The van der Waals surface area contributed by atoms with Crippen molar-refractivity contribution in [2.75, 3.05) is 24.4 Å². The monoisotopic (exact) mass is 473 g/mol. The number of benzene rings is 1. The smallest absolute Gasteiger partial charge is 0.347 e. The predicted octanol–water partition coefficient (Wildman–Crippen LogP) is 3.69. The minimum Gasteiger partial charge on any atom is -0.347 e. The average Bonchev–Trinajstić information content (AvgIpc) is 3.17. The van der Waals surface area contributed by atoms with Crippen LogP contribution in [-0.4, -0.2) is 50.7 Å². The highest BCUT2D eigenvalue weighted by atomic mass is 32.2. The summed E-state index contributed by atoms with van der Waals surface area (Å²) >= 11 is 2.69. The lowest BCUT2D eigenvalue weighted by Crippen LogP contribution is -2.57. The third-order valence-corrected chi connectivity index (χ3v) is 8.52. The van der Waals surface area contributed by atoms with Crippen molar-refractivity contribution < 1.29 is 22.0 Å². The van der Waals surface area contributed by atoms with Crippen LogP contribution in [0, 0.1) is 5.92 Å². The van der Waals surface area contributed by atoms with Gasteiger partial charge in [0.2, 0.25) is 0 Å². The quantitative estimate of drug-likeness (QED) is 0.641. The number of sulfonamides is 1. The maximum atomic E-state index is 12.7. The minimum absolute atomic E-state index is 0.0668. The first kappa shape index (κ1) is 21.5. The summed E-state index contributed by atoms with van der Waals surface area (Å²) in [6.45, 7) is 3.14. The van der Waals surface area contributed by atoms with Gasteiger partial charge in [0.05, 0.1) is 9.09 Å². The number of alkyl halides is 2. The van der Waals surface area contributed by atoms with Crippen LogP contribution in [0.1, 0.15) is 22.5 Å². The second-order valence-corrected chi connectivity index (χ2v) is 11.5. The van der Waals surface area contributed by atoms with E-state index in [4.69, 9.17) is 0 Å². The lowest BCUT2D eigenvalue weighted by molar-refractivity contribution is 0.0622. The molecule has 1 aromatic heterocycles. The van der Waals surface area contributed by atoms with Crippen LogP contribution in [0.3, 0.4) is 0 Å². The molecule has 2 N–H and O–H groups in total. The van der Waals surface area contributed by atoms with Crippen LogP contribution in [0.15, 0.2) is 45.5 Å². The predicted molar refractivity (Wildman–Crippen MR) is 114 cm³/mol. The Bertz CT molecular complexity index is 1020. The second kappa shape index (κ2) is 8.81. The van der Waals surface area contributed by atoms with Crippen LogP contribution >= 0.6 is 23.1 Å². The summed E-state index contributed by atoms with van der Waals surface area (Å²) in [6.07, 6.45) is 2.25. The molecule has 30 heavy (non-hydrogen) atoms. The fourth-order valence-corrected chi connectivity index (χ4v) is 6.42. The van der Waals surface area contributed by atoms with Crippen LogP contribution in [-0.2, 0) is 10.0 Å². The van der Waals surface area contributed by atoms with Gasteiger partial charge in [0.15, 0.2) is 0 Å². The highest BCUT2D eigenvalue weighted by molar-refractivity contribution is 8.01. The molecule has 162 valence electrons. The molecule has 3 saturated heterocycles. The van der Waals surface area contributed by atoms with E-state index in [2.05, 4.69) is 10.2 Å². The van der Waals surface area contributed by atoms with E-state index in [0.717, 1.165) is 36.7 Å². The van der Waals surface area contributed by atoms with E-state index >= 15 is 0 Å². The summed E-state index contributed by atoms with van der Waals surface area (Å²) in [5.41, 5.74) is 0.0668. The molecule has 4 heterocycles. The van der Waals surface area contributed by atoms with E-state index in [-0.39, 0.29) is 17.6 Å². The number of thiophene rings is 1. The molecule has 2 bridgehead atoms. The Labute approximate surface area is 182 Å². The minimum atomic E-state index is -4.71. The molecule has 5 rings (SSSR count). The number of carbonyl (C=O) groups is 1. The first-order chi connectivity index (χ1) is 14.3. The third-order valence-electron chi connectivity index (χ3n) is 5.32. The molecule has 0 aliphatic carbocycles. The van der Waals surface area contributed by atoms with Crippen LogP contribution in [0.5, 0.6) is 0 Å². The van der Waals surface area contributed by atoms with Gasteiger partial charge in [0, 0.05) is 23.2 Å². The van der Waals surface area contributed by atoms with E-state index in [1.807, 2.05) is 10.8 Å². The van der Waals surface area contributed by atoms with E-state index in [0.29, 0.717) is 15.7 Å². The average molecular weight is 474 g/mol.